The zero-order chi connectivity index (χ0) is 21.5. The van der Waals surface area contributed by atoms with Crippen molar-refractivity contribution in [3.8, 4) is 0 Å². The molecular formula is C16H18F9NO. The number of methoxy groups -OCH3 is 1. The van der Waals surface area contributed by atoms with Gasteiger partial charge in [-0.15, -0.1) is 0 Å². The van der Waals surface area contributed by atoms with Crippen LogP contribution in [0.4, 0.5) is 45.2 Å². The predicted octanol–water partition coefficient (Wildman–Crippen LogP) is 5.47. The van der Waals surface area contributed by atoms with Crippen LogP contribution in [0.5, 0.6) is 0 Å². The highest BCUT2D eigenvalue weighted by molar-refractivity contribution is 5.55. The van der Waals surface area contributed by atoms with Crippen LogP contribution in [0.2, 0.25) is 0 Å². The van der Waals surface area contributed by atoms with Gasteiger partial charge in [0.1, 0.15) is 0 Å². The Bertz CT molecular complexity index is 658. The molecule has 0 fully saturated rings. The third-order valence-electron chi connectivity index (χ3n) is 4.18. The summed E-state index contributed by atoms with van der Waals surface area (Å²) in [5.41, 5.74) is -2.12. The number of alkyl halides is 9. The van der Waals surface area contributed by atoms with Gasteiger partial charge in [0, 0.05) is 32.5 Å². The predicted molar refractivity (Wildman–Crippen MR) is 80.6 cm³/mol. The first-order chi connectivity index (χ1) is 11.9. The lowest BCUT2D eigenvalue weighted by atomic mass is 9.84. The Morgan fingerprint density at radius 2 is 1.33 bits per heavy atom. The van der Waals surface area contributed by atoms with E-state index in [1.54, 1.807) is 0 Å². The van der Waals surface area contributed by atoms with Crippen molar-refractivity contribution in [2.45, 2.75) is 42.9 Å². The molecule has 1 aromatic carbocycles. The average molecular weight is 411 g/mol. The Kier molecular flexibility index (Phi) is 6.12. The summed E-state index contributed by atoms with van der Waals surface area (Å²) in [6.45, 7) is 0.908. The lowest BCUT2D eigenvalue weighted by Crippen LogP contribution is -2.62. The fraction of sp³-hybridized carbons (Fsp3) is 0.625. The summed E-state index contributed by atoms with van der Waals surface area (Å²) < 4.78 is 123. The van der Waals surface area contributed by atoms with Gasteiger partial charge in [0.15, 0.2) is 0 Å². The maximum Gasteiger partial charge on any atom is 0.460 e. The summed E-state index contributed by atoms with van der Waals surface area (Å²) in [6, 6.07) is 5.52. The van der Waals surface area contributed by atoms with Gasteiger partial charge in [0.2, 0.25) is 0 Å². The van der Waals surface area contributed by atoms with Crippen molar-refractivity contribution in [1.29, 1.82) is 0 Å². The van der Waals surface area contributed by atoms with Gasteiger partial charge in [-0.25, -0.2) is 0 Å². The summed E-state index contributed by atoms with van der Waals surface area (Å²) >= 11 is 0. The first-order valence-corrected chi connectivity index (χ1v) is 7.47. The maximum absolute atomic E-state index is 14.1. The van der Waals surface area contributed by atoms with Crippen LogP contribution in [0.15, 0.2) is 24.3 Å². The van der Waals surface area contributed by atoms with Gasteiger partial charge < -0.3 is 9.64 Å². The highest BCUT2D eigenvalue weighted by Crippen LogP contribution is 2.56. The van der Waals surface area contributed by atoms with E-state index in [0.29, 0.717) is 0 Å². The van der Waals surface area contributed by atoms with Crippen molar-refractivity contribution < 1.29 is 44.3 Å². The van der Waals surface area contributed by atoms with Crippen molar-refractivity contribution >= 4 is 5.69 Å². The molecule has 0 aromatic heterocycles. The largest absolute Gasteiger partial charge is 0.460 e. The third kappa shape index (κ3) is 3.97. The van der Waals surface area contributed by atoms with E-state index in [1.807, 2.05) is 0 Å². The van der Waals surface area contributed by atoms with E-state index in [1.165, 1.54) is 43.3 Å². The lowest BCUT2D eigenvalue weighted by molar-refractivity contribution is -0.400. The molecule has 1 rings (SSSR count). The minimum atomic E-state index is -6.93. The molecule has 27 heavy (non-hydrogen) atoms. The average Bonchev–Trinajstić information content (AvgIpc) is 2.52. The molecule has 1 atom stereocenters. The molecule has 0 aliphatic carbocycles. The first kappa shape index (κ1) is 23.4. The molecule has 0 aliphatic rings. The normalized spacial score (nSPS) is 16.2. The number of rotatable bonds is 7. The Labute approximate surface area is 149 Å². The van der Waals surface area contributed by atoms with Gasteiger partial charge in [0.05, 0.1) is 12.0 Å². The van der Waals surface area contributed by atoms with Gasteiger partial charge in [-0.3, -0.25) is 0 Å². The zero-order valence-electron chi connectivity index (χ0n) is 14.8. The molecule has 156 valence electrons. The monoisotopic (exact) mass is 411 g/mol. The molecule has 11 heteroatoms. The molecule has 1 aromatic rings. The van der Waals surface area contributed by atoms with Crippen LogP contribution in [-0.4, -0.2) is 45.1 Å². The molecular weight excluding hydrogens is 393 g/mol. The molecule has 0 radical (unpaired) electrons. The summed E-state index contributed by atoms with van der Waals surface area (Å²) in [7, 11) is 3.86. The number of anilines is 1. The van der Waals surface area contributed by atoms with Gasteiger partial charge in [0.25, 0.3) is 0 Å². The Balaban J connectivity index is 3.45. The first-order valence-electron chi connectivity index (χ1n) is 7.47. The number of ether oxygens (including phenoxy) is 1. The van der Waals surface area contributed by atoms with Crippen LogP contribution < -0.4 is 4.90 Å². The third-order valence-corrected chi connectivity index (χ3v) is 4.18. The SMILES string of the molecule is COC(C)(CC(F)(F)C(F)(F)C(F)(F)C(F)(F)F)c1ccccc1N(C)C. The van der Waals surface area contributed by atoms with Crippen molar-refractivity contribution in [1.82, 2.24) is 0 Å². The van der Waals surface area contributed by atoms with E-state index in [9.17, 15) is 39.5 Å². The van der Waals surface area contributed by atoms with Gasteiger partial charge in [-0.2, -0.15) is 39.5 Å². The van der Waals surface area contributed by atoms with E-state index in [4.69, 9.17) is 4.74 Å². The number of benzene rings is 1. The molecule has 0 bridgehead atoms. The second-order valence-electron chi connectivity index (χ2n) is 6.37. The Morgan fingerprint density at radius 1 is 0.852 bits per heavy atom. The molecule has 2 nitrogen and oxygen atoms in total. The molecule has 0 spiro atoms. The topological polar surface area (TPSA) is 12.5 Å². The highest BCUT2D eigenvalue weighted by atomic mass is 19.4. The zero-order valence-corrected chi connectivity index (χ0v) is 14.8. The van der Waals surface area contributed by atoms with Crippen molar-refractivity contribution in [3.05, 3.63) is 29.8 Å². The number of hydrogen-bond acceptors (Lipinski definition) is 2. The van der Waals surface area contributed by atoms with E-state index in [-0.39, 0.29) is 11.3 Å². The molecule has 0 saturated heterocycles. The highest BCUT2D eigenvalue weighted by Gasteiger charge is 2.82. The number of halogens is 9. The molecule has 0 saturated carbocycles. The summed E-state index contributed by atoms with van der Waals surface area (Å²) in [6.07, 6.45) is -8.97. The molecule has 0 amide bonds. The lowest BCUT2D eigenvalue weighted by Gasteiger charge is -2.39. The van der Waals surface area contributed by atoms with Crippen molar-refractivity contribution in [2.75, 3.05) is 26.1 Å². The van der Waals surface area contributed by atoms with Gasteiger partial charge in [-0.05, 0) is 13.0 Å². The minimum absolute atomic E-state index is 0.0803. The van der Waals surface area contributed by atoms with E-state index in [2.05, 4.69) is 0 Å². The van der Waals surface area contributed by atoms with Crippen molar-refractivity contribution in [2.24, 2.45) is 0 Å². The fourth-order valence-electron chi connectivity index (χ4n) is 2.53. The minimum Gasteiger partial charge on any atom is -0.377 e. The van der Waals surface area contributed by atoms with Crippen LogP contribution >= 0.6 is 0 Å². The van der Waals surface area contributed by atoms with Crippen LogP contribution in [0, 0.1) is 0 Å². The van der Waals surface area contributed by atoms with E-state index in [0.717, 1.165) is 14.0 Å². The van der Waals surface area contributed by atoms with Crippen molar-refractivity contribution in [3.63, 3.8) is 0 Å². The molecule has 1 unspecified atom stereocenters. The van der Waals surface area contributed by atoms with E-state index < -0.39 is 36.0 Å². The van der Waals surface area contributed by atoms with E-state index >= 15 is 0 Å². The number of para-hydroxylation sites is 1. The molecule has 0 N–H and O–H groups in total. The number of nitrogens with zero attached hydrogens (tertiary/aromatic N) is 1. The second kappa shape index (κ2) is 7.06. The van der Waals surface area contributed by atoms with Gasteiger partial charge in [-0.1, -0.05) is 18.2 Å². The Morgan fingerprint density at radius 3 is 1.74 bits per heavy atom. The summed E-state index contributed by atoms with van der Waals surface area (Å²) in [5.74, 6) is -19.4. The number of hydrogen-bond donors (Lipinski definition) is 0. The fourth-order valence-corrected chi connectivity index (χ4v) is 2.53. The van der Waals surface area contributed by atoms with Crippen LogP contribution in [0.3, 0.4) is 0 Å². The summed E-state index contributed by atoms with van der Waals surface area (Å²) in [4.78, 5) is 1.42. The molecule has 0 heterocycles. The van der Waals surface area contributed by atoms with Gasteiger partial charge >= 0.3 is 23.9 Å². The van der Waals surface area contributed by atoms with Crippen LogP contribution in [-0.2, 0) is 10.3 Å². The molecule has 0 aliphatic heterocycles. The summed E-state index contributed by atoms with van der Waals surface area (Å²) in [5, 5.41) is 0. The standard InChI is InChI=1S/C16H18F9NO/c1-12(27-4,10-7-5-6-8-11(10)26(2)3)9-13(17,18)14(19,20)15(21,22)16(23,24)25/h5-8H,9H2,1-4H3. The maximum atomic E-state index is 14.1. The smallest absolute Gasteiger partial charge is 0.377 e. The quantitative estimate of drug-likeness (QED) is 0.552. The van der Waals surface area contributed by atoms with Crippen LogP contribution in [0.1, 0.15) is 18.9 Å². The Hall–Kier alpha value is -1.65. The van der Waals surface area contributed by atoms with Crippen LogP contribution in [0.25, 0.3) is 0 Å². The second-order valence-corrected chi connectivity index (χ2v) is 6.37.